The standard InChI is InChI=1S/C16H16N4O2S/c1-20-10-13(18-19-20)16(22)17-9-14(21)11-4-6-12(7-5-11)15-3-2-8-23-15/h2-8,10,14,21H,9H2,1H3,(H,17,22). The van der Waals surface area contributed by atoms with Gasteiger partial charge in [-0.3, -0.25) is 9.48 Å². The minimum Gasteiger partial charge on any atom is -0.387 e. The Morgan fingerprint density at radius 2 is 2.13 bits per heavy atom. The molecule has 0 aliphatic rings. The van der Waals surface area contributed by atoms with Crippen molar-refractivity contribution in [1.82, 2.24) is 20.3 Å². The fraction of sp³-hybridized carbons (Fsp3) is 0.188. The molecule has 3 aromatic rings. The van der Waals surface area contributed by atoms with Crippen LogP contribution in [0.5, 0.6) is 0 Å². The zero-order valence-electron chi connectivity index (χ0n) is 12.5. The number of benzene rings is 1. The lowest BCUT2D eigenvalue weighted by molar-refractivity contribution is 0.0911. The van der Waals surface area contributed by atoms with Gasteiger partial charge in [0.25, 0.3) is 5.91 Å². The lowest BCUT2D eigenvalue weighted by Gasteiger charge is -2.12. The van der Waals surface area contributed by atoms with Crippen molar-refractivity contribution < 1.29 is 9.90 Å². The Labute approximate surface area is 137 Å². The second-order valence-corrected chi connectivity index (χ2v) is 6.05. The summed E-state index contributed by atoms with van der Waals surface area (Å²) < 4.78 is 1.45. The molecule has 2 N–H and O–H groups in total. The predicted molar refractivity (Wildman–Crippen MR) is 88.1 cm³/mol. The van der Waals surface area contributed by atoms with Gasteiger partial charge in [0.05, 0.1) is 12.3 Å². The first-order valence-electron chi connectivity index (χ1n) is 7.10. The Morgan fingerprint density at radius 3 is 2.74 bits per heavy atom. The summed E-state index contributed by atoms with van der Waals surface area (Å²) in [5, 5.41) is 22.3. The van der Waals surface area contributed by atoms with Crippen LogP contribution in [0.4, 0.5) is 0 Å². The minimum absolute atomic E-state index is 0.119. The van der Waals surface area contributed by atoms with Crippen LogP contribution < -0.4 is 5.32 Å². The van der Waals surface area contributed by atoms with Crippen molar-refractivity contribution in [3.8, 4) is 10.4 Å². The zero-order valence-corrected chi connectivity index (χ0v) is 13.3. The molecule has 3 rings (SSSR count). The van der Waals surface area contributed by atoms with Crippen molar-refractivity contribution in [3.63, 3.8) is 0 Å². The highest BCUT2D eigenvalue weighted by Gasteiger charge is 2.13. The maximum atomic E-state index is 11.9. The number of hydrogen-bond acceptors (Lipinski definition) is 5. The van der Waals surface area contributed by atoms with Gasteiger partial charge < -0.3 is 10.4 Å². The van der Waals surface area contributed by atoms with Crippen LogP contribution in [0, 0.1) is 0 Å². The first-order valence-corrected chi connectivity index (χ1v) is 7.98. The lowest BCUT2D eigenvalue weighted by Crippen LogP contribution is -2.28. The highest BCUT2D eigenvalue weighted by atomic mass is 32.1. The van der Waals surface area contributed by atoms with E-state index in [1.165, 1.54) is 15.8 Å². The molecule has 6 nitrogen and oxygen atoms in total. The average molecular weight is 328 g/mol. The highest BCUT2D eigenvalue weighted by Crippen LogP contribution is 2.25. The first kappa shape index (κ1) is 15.4. The van der Waals surface area contributed by atoms with Crippen LogP contribution >= 0.6 is 11.3 Å². The molecule has 1 amide bonds. The van der Waals surface area contributed by atoms with E-state index in [0.717, 1.165) is 11.1 Å². The van der Waals surface area contributed by atoms with Crippen molar-refractivity contribution in [3.05, 3.63) is 59.2 Å². The maximum Gasteiger partial charge on any atom is 0.273 e. The summed E-state index contributed by atoms with van der Waals surface area (Å²) in [5.74, 6) is -0.354. The summed E-state index contributed by atoms with van der Waals surface area (Å²) in [6, 6.07) is 11.7. The molecule has 0 radical (unpaired) electrons. The van der Waals surface area contributed by atoms with Gasteiger partial charge in [0, 0.05) is 18.5 Å². The molecule has 0 saturated heterocycles. The van der Waals surface area contributed by atoms with Gasteiger partial charge in [-0.15, -0.1) is 16.4 Å². The number of aromatic nitrogens is 3. The lowest BCUT2D eigenvalue weighted by atomic mass is 10.1. The van der Waals surface area contributed by atoms with Gasteiger partial charge >= 0.3 is 0 Å². The van der Waals surface area contributed by atoms with E-state index >= 15 is 0 Å². The maximum absolute atomic E-state index is 11.9. The van der Waals surface area contributed by atoms with E-state index in [9.17, 15) is 9.90 Å². The molecule has 2 aromatic heterocycles. The number of hydrogen-bond donors (Lipinski definition) is 2. The minimum atomic E-state index is -0.770. The number of nitrogens with one attached hydrogen (secondary N) is 1. The predicted octanol–water partition coefficient (Wildman–Crippen LogP) is 2.01. The van der Waals surface area contributed by atoms with Crippen LogP contribution in [0.15, 0.2) is 48.0 Å². The second kappa shape index (κ2) is 6.72. The molecule has 118 valence electrons. The third-order valence-corrected chi connectivity index (χ3v) is 4.31. The largest absolute Gasteiger partial charge is 0.387 e. The Morgan fingerprint density at radius 1 is 1.35 bits per heavy atom. The molecule has 23 heavy (non-hydrogen) atoms. The number of nitrogens with zero attached hydrogens (tertiary/aromatic N) is 3. The molecule has 0 aliphatic heterocycles. The number of carbonyl (C=O) groups excluding carboxylic acids is 1. The van der Waals surface area contributed by atoms with Crippen LogP contribution in [0.25, 0.3) is 10.4 Å². The van der Waals surface area contributed by atoms with Crippen LogP contribution in [0.1, 0.15) is 22.2 Å². The van der Waals surface area contributed by atoms with Gasteiger partial charge in [0.1, 0.15) is 0 Å². The van der Waals surface area contributed by atoms with Gasteiger partial charge in [0.15, 0.2) is 5.69 Å². The van der Waals surface area contributed by atoms with E-state index in [0.29, 0.717) is 0 Å². The van der Waals surface area contributed by atoms with Crippen LogP contribution in [0.2, 0.25) is 0 Å². The number of rotatable bonds is 5. The van der Waals surface area contributed by atoms with Crippen LogP contribution in [0.3, 0.4) is 0 Å². The third kappa shape index (κ3) is 3.64. The summed E-state index contributed by atoms with van der Waals surface area (Å²) in [6.07, 6.45) is 0.755. The van der Waals surface area contributed by atoms with Crippen molar-refractivity contribution in [2.45, 2.75) is 6.10 Å². The van der Waals surface area contributed by atoms with Crippen molar-refractivity contribution in [1.29, 1.82) is 0 Å². The Kier molecular flexibility index (Phi) is 4.50. The van der Waals surface area contributed by atoms with E-state index in [4.69, 9.17) is 0 Å². The molecule has 0 bridgehead atoms. The van der Waals surface area contributed by atoms with E-state index in [-0.39, 0.29) is 18.1 Å². The third-order valence-electron chi connectivity index (χ3n) is 3.39. The summed E-state index contributed by atoms with van der Waals surface area (Å²) in [4.78, 5) is 13.0. The number of aliphatic hydroxyl groups is 1. The summed E-state index contributed by atoms with van der Waals surface area (Å²) in [7, 11) is 1.69. The van der Waals surface area contributed by atoms with Crippen molar-refractivity contribution >= 4 is 17.2 Å². The molecule has 0 aliphatic carbocycles. The molecule has 0 spiro atoms. The number of carbonyl (C=O) groups is 1. The zero-order chi connectivity index (χ0) is 16.2. The molecule has 0 fully saturated rings. The second-order valence-electron chi connectivity index (χ2n) is 5.10. The summed E-state index contributed by atoms with van der Waals surface area (Å²) >= 11 is 1.67. The molecular weight excluding hydrogens is 312 g/mol. The van der Waals surface area contributed by atoms with Crippen LogP contribution in [-0.2, 0) is 7.05 Å². The van der Waals surface area contributed by atoms with Crippen molar-refractivity contribution in [2.24, 2.45) is 7.05 Å². The van der Waals surface area contributed by atoms with E-state index in [2.05, 4.69) is 21.7 Å². The normalized spacial score (nSPS) is 12.1. The molecular formula is C16H16N4O2S. The quantitative estimate of drug-likeness (QED) is 0.751. The average Bonchev–Trinajstić information content (AvgIpc) is 3.24. The first-order chi connectivity index (χ1) is 11.1. The number of amides is 1. The molecule has 7 heteroatoms. The molecule has 1 aromatic carbocycles. The topological polar surface area (TPSA) is 80.0 Å². The number of thiophene rings is 1. The molecule has 0 saturated carbocycles. The summed E-state index contributed by atoms with van der Waals surface area (Å²) in [5.41, 5.74) is 2.09. The Hall–Kier alpha value is -2.51. The van der Waals surface area contributed by atoms with Gasteiger partial charge in [0.2, 0.25) is 0 Å². The smallest absolute Gasteiger partial charge is 0.273 e. The SMILES string of the molecule is Cn1cc(C(=O)NCC(O)c2ccc(-c3cccs3)cc2)nn1. The molecule has 1 atom stereocenters. The van der Waals surface area contributed by atoms with Crippen LogP contribution in [-0.4, -0.2) is 32.6 Å². The van der Waals surface area contributed by atoms with Gasteiger partial charge in [-0.2, -0.15) is 0 Å². The monoisotopic (exact) mass is 328 g/mol. The van der Waals surface area contributed by atoms with Crippen molar-refractivity contribution in [2.75, 3.05) is 6.54 Å². The number of aliphatic hydroxyl groups excluding tert-OH is 1. The van der Waals surface area contributed by atoms with E-state index in [1.54, 1.807) is 18.4 Å². The fourth-order valence-corrected chi connectivity index (χ4v) is 2.89. The van der Waals surface area contributed by atoms with Gasteiger partial charge in [-0.05, 0) is 22.6 Å². The fourth-order valence-electron chi connectivity index (χ4n) is 2.16. The highest BCUT2D eigenvalue weighted by molar-refractivity contribution is 7.13. The van der Waals surface area contributed by atoms with Gasteiger partial charge in [-0.25, -0.2) is 0 Å². The molecule has 2 heterocycles. The molecule has 1 unspecified atom stereocenters. The van der Waals surface area contributed by atoms with Gasteiger partial charge in [-0.1, -0.05) is 35.5 Å². The Bertz CT molecular complexity index is 781. The Balaban J connectivity index is 1.60. The van der Waals surface area contributed by atoms with E-state index in [1.807, 2.05) is 35.7 Å². The summed E-state index contributed by atoms with van der Waals surface area (Å²) in [6.45, 7) is 0.119. The van der Waals surface area contributed by atoms with E-state index < -0.39 is 6.10 Å². The number of aryl methyl sites for hydroxylation is 1.